The summed E-state index contributed by atoms with van der Waals surface area (Å²) in [5.74, 6) is 0. The van der Waals surface area contributed by atoms with Crippen LogP contribution in [0, 0.1) is 0 Å². The summed E-state index contributed by atoms with van der Waals surface area (Å²) in [5, 5.41) is 5.32. The van der Waals surface area contributed by atoms with E-state index in [4.69, 9.17) is 0 Å². The Kier molecular flexibility index (Phi) is 9.10. The zero-order valence-corrected chi connectivity index (χ0v) is 40.3. The lowest BCUT2D eigenvalue weighted by Gasteiger charge is -2.50. The van der Waals surface area contributed by atoms with Gasteiger partial charge in [0.05, 0.1) is 11.1 Å². The Morgan fingerprint density at radius 3 is 1.05 bits per heavy atom. The van der Waals surface area contributed by atoms with Gasteiger partial charge in [0.1, 0.15) is 0 Å². The third-order valence-corrected chi connectivity index (χ3v) is 17.7. The van der Waals surface area contributed by atoms with E-state index in [1.165, 1.54) is 140 Å². The minimum absolute atomic E-state index is 0.00642. The van der Waals surface area contributed by atoms with Crippen LogP contribution in [0.2, 0.25) is 0 Å². The van der Waals surface area contributed by atoms with Crippen molar-refractivity contribution in [2.24, 2.45) is 0 Å². The van der Waals surface area contributed by atoms with Gasteiger partial charge in [-0.25, -0.2) is 0 Å². The van der Waals surface area contributed by atoms with E-state index in [2.05, 4.69) is 212 Å². The zero-order chi connectivity index (χ0) is 44.6. The molecule has 4 aliphatic rings. The number of anilines is 4. The molecule has 11 rings (SSSR count). The molecule has 64 heavy (non-hydrogen) atoms. The van der Waals surface area contributed by atoms with Crippen LogP contribution in [0.15, 0.2) is 133 Å². The standard InChI is InChI=1S/C62H68N2/c1-57(2,3)43-25-29-45(30-26-43)63-53-33-23-41(39-51(53)59(7)35-15-17-37-61(59,63)9)55-47-19-11-13-21-49(47)56(50-22-14-12-20-48(50)55)42-24-34-54-52(40-42)60(8)36-16-18-38-62(60,10)64(54)46-31-27-44(28-32-46)58(4,5)6/h11-14,19-34,39-40H,15-18,35-38H2,1-10H3. The van der Waals surface area contributed by atoms with Crippen molar-refractivity contribution >= 4 is 44.3 Å². The van der Waals surface area contributed by atoms with Crippen LogP contribution in [0.3, 0.4) is 0 Å². The molecule has 7 aromatic rings. The van der Waals surface area contributed by atoms with Gasteiger partial charge in [0.25, 0.3) is 0 Å². The van der Waals surface area contributed by atoms with Gasteiger partial charge in [-0.15, -0.1) is 0 Å². The second kappa shape index (κ2) is 14.1. The van der Waals surface area contributed by atoms with Crippen LogP contribution >= 0.6 is 0 Å². The number of hydrogen-bond donors (Lipinski definition) is 0. The van der Waals surface area contributed by atoms with Gasteiger partial charge in [-0.05, 0) is 165 Å². The monoisotopic (exact) mass is 841 g/mol. The first-order chi connectivity index (χ1) is 30.5. The third-order valence-electron chi connectivity index (χ3n) is 17.7. The van der Waals surface area contributed by atoms with Crippen LogP contribution in [0.1, 0.15) is 143 Å². The Morgan fingerprint density at radius 2 is 0.719 bits per heavy atom. The third kappa shape index (κ3) is 5.75. The van der Waals surface area contributed by atoms with Crippen molar-refractivity contribution in [3.05, 3.63) is 156 Å². The first-order valence-electron chi connectivity index (χ1n) is 24.5. The number of benzene rings is 7. The quantitative estimate of drug-likeness (QED) is 0.163. The highest BCUT2D eigenvalue weighted by Gasteiger charge is 2.59. The van der Waals surface area contributed by atoms with E-state index in [9.17, 15) is 0 Å². The summed E-state index contributed by atoms with van der Waals surface area (Å²) in [4.78, 5) is 5.45. The van der Waals surface area contributed by atoms with Gasteiger partial charge in [-0.3, -0.25) is 0 Å². The second-order valence-electron chi connectivity index (χ2n) is 23.2. The second-order valence-corrected chi connectivity index (χ2v) is 23.2. The van der Waals surface area contributed by atoms with Gasteiger partial charge >= 0.3 is 0 Å². The van der Waals surface area contributed by atoms with Gasteiger partial charge < -0.3 is 9.80 Å². The summed E-state index contributed by atoms with van der Waals surface area (Å²) < 4.78 is 0. The molecular weight excluding hydrogens is 773 g/mol. The molecule has 2 saturated carbocycles. The Hall–Kier alpha value is -5.34. The lowest BCUT2D eigenvalue weighted by atomic mass is 9.61. The SMILES string of the molecule is CC(C)(C)c1ccc(N2c3ccc(-c4c5ccccc5c(-c5ccc6c(c5)C5(C)CCCCC5(C)N6c5ccc(C(C)(C)C)cc5)c5ccccc45)cc3C3(C)CCCCC23C)cc1. The summed E-state index contributed by atoms with van der Waals surface area (Å²) in [5.41, 5.74) is 16.8. The largest absolute Gasteiger partial charge is 0.334 e. The number of hydrogen-bond acceptors (Lipinski definition) is 2. The molecule has 0 amide bonds. The molecule has 326 valence electrons. The van der Waals surface area contributed by atoms with E-state index in [0.29, 0.717) is 0 Å². The molecule has 2 fully saturated rings. The van der Waals surface area contributed by atoms with Crippen molar-refractivity contribution in [3.8, 4) is 22.3 Å². The lowest BCUT2D eigenvalue weighted by molar-refractivity contribution is 0.195. The molecule has 2 nitrogen and oxygen atoms in total. The van der Waals surface area contributed by atoms with Crippen molar-refractivity contribution in [3.63, 3.8) is 0 Å². The average Bonchev–Trinajstić information content (AvgIpc) is 3.62. The minimum atomic E-state index is -0.00642. The summed E-state index contributed by atoms with van der Waals surface area (Å²) in [6, 6.07) is 52.6. The fourth-order valence-electron chi connectivity index (χ4n) is 13.6. The maximum Gasteiger partial charge on any atom is 0.0517 e. The summed E-state index contributed by atoms with van der Waals surface area (Å²) in [6.45, 7) is 24.1. The molecule has 0 aromatic heterocycles. The van der Waals surface area contributed by atoms with Crippen LogP contribution < -0.4 is 9.80 Å². The summed E-state index contributed by atoms with van der Waals surface area (Å²) in [7, 11) is 0. The maximum atomic E-state index is 2.73. The first kappa shape index (κ1) is 41.4. The molecule has 2 aliphatic heterocycles. The molecule has 0 N–H and O–H groups in total. The molecule has 0 radical (unpaired) electrons. The predicted octanol–water partition coefficient (Wildman–Crippen LogP) is 17.4. The summed E-state index contributed by atoms with van der Waals surface area (Å²) >= 11 is 0. The van der Waals surface area contributed by atoms with Crippen LogP contribution in [0.25, 0.3) is 43.8 Å². The Balaban J connectivity index is 1.08. The highest BCUT2D eigenvalue weighted by molar-refractivity contribution is 6.21. The topological polar surface area (TPSA) is 6.48 Å². The minimum Gasteiger partial charge on any atom is -0.334 e. The molecule has 0 saturated heterocycles. The van der Waals surface area contributed by atoms with Gasteiger partial charge in [-0.1, -0.05) is 166 Å². The van der Waals surface area contributed by atoms with Crippen molar-refractivity contribution in [1.29, 1.82) is 0 Å². The zero-order valence-electron chi connectivity index (χ0n) is 40.3. The lowest BCUT2D eigenvalue weighted by Crippen LogP contribution is -2.54. The van der Waals surface area contributed by atoms with Gasteiger partial charge in [-0.2, -0.15) is 0 Å². The van der Waals surface area contributed by atoms with E-state index >= 15 is 0 Å². The molecular formula is C62H68N2. The fraction of sp³-hybridized carbons (Fsp3) is 0.387. The Morgan fingerprint density at radius 1 is 0.391 bits per heavy atom. The van der Waals surface area contributed by atoms with Crippen molar-refractivity contribution in [2.45, 2.75) is 153 Å². The molecule has 2 aliphatic carbocycles. The number of rotatable bonds is 4. The van der Waals surface area contributed by atoms with E-state index in [-0.39, 0.29) is 32.7 Å². The molecule has 2 heterocycles. The normalized spacial score (nSPS) is 25.3. The van der Waals surface area contributed by atoms with Crippen LogP contribution in [0.5, 0.6) is 0 Å². The van der Waals surface area contributed by atoms with Gasteiger partial charge in [0.15, 0.2) is 0 Å². The van der Waals surface area contributed by atoms with Crippen LogP contribution in [-0.2, 0) is 21.7 Å². The maximum absolute atomic E-state index is 2.73. The van der Waals surface area contributed by atoms with Crippen molar-refractivity contribution in [1.82, 2.24) is 0 Å². The van der Waals surface area contributed by atoms with Crippen LogP contribution in [0.4, 0.5) is 22.7 Å². The molecule has 2 heteroatoms. The van der Waals surface area contributed by atoms with Crippen LogP contribution in [-0.4, -0.2) is 11.1 Å². The average molecular weight is 841 g/mol. The van der Waals surface area contributed by atoms with E-state index in [0.717, 1.165) is 0 Å². The van der Waals surface area contributed by atoms with E-state index < -0.39 is 0 Å². The highest BCUT2D eigenvalue weighted by Crippen LogP contribution is 2.63. The van der Waals surface area contributed by atoms with Crippen molar-refractivity contribution < 1.29 is 0 Å². The predicted molar refractivity (Wildman–Crippen MR) is 275 cm³/mol. The molecule has 0 spiro atoms. The first-order valence-corrected chi connectivity index (χ1v) is 24.5. The number of fused-ring (bicyclic) bond motifs is 8. The molecule has 7 aromatic carbocycles. The van der Waals surface area contributed by atoms with E-state index in [1.807, 2.05) is 0 Å². The smallest absolute Gasteiger partial charge is 0.0517 e. The number of nitrogens with zero attached hydrogens (tertiary/aromatic N) is 2. The van der Waals surface area contributed by atoms with Gasteiger partial charge in [0.2, 0.25) is 0 Å². The van der Waals surface area contributed by atoms with Gasteiger partial charge in [0, 0.05) is 33.6 Å². The summed E-state index contributed by atoms with van der Waals surface area (Å²) in [6.07, 6.45) is 9.86. The Bertz CT molecular complexity index is 2720. The highest BCUT2D eigenvalue weighted by atomic mass is 15.3. The van der Waals surface area contributed by atoms with Crippen molar-refractivity contribution in [2.75, 3.05) is 9.80 Å². The molecule has 4 unspecified atom stereocenters. The fourth-order valence-corrected chi connectivity index (χ4v) is 13.6. The Labute approximate surface area is 383 Å². The molecule has 0 bridgehead atoms. The van der Waals surface area contributed by atoms with E-state index in [1.54, 1.807) is 0 Å². The molecule has 4 atom stereocenters.